The monoisotopic (exact) mass is 246 g/mol. The first kappa shape index (κ1) is 12.1. The Morgan fingerprint density at radius 3 is 2.67 bits per heavy atom. The summed E-state index contributed by atoms with van der Waals surface area (Å²) in [5.41, 5.74) is 1.95. The van der Waals surface area contributed by atoms with Crippen LogP contribution in [0.15, 0.2) is 30.9 Å². The summed E-state index contributed by atoms with van der Waals surface area (Å²) in [6.45, 7) is 0.388. The molecule has 0 aliphatic heterocycles. The van der Waals surface area contributed by atoms with Gasteiger partial charge in [-0.15, -0.1) is 0 Å². The smallest absolute Gasteiger partial charge is 0.305 e. The maximum absolute atomic E-state index is 10.5. The van der Waals surface area contributed by atoms with Crippen molar-refractivity contribution in [3.63, 3.8) is 0 Å². The summed E-state index contributed by atoms with van der Waals surface area (Å²) in [6.07, 6.45) is 7.22. The number of hydrogen-bond acceptors (Lipinski definition) is 4. The molecule has 94 valence electrons. The fourth-order valence-electron chi connectivity index (χ4n) is 1.53. The average Bonchev–Trinajstić information content (AvgIpc) is 2.90. The van der Waals surface area contributed by atoms with Crippen LogP contribution in [0.5, 0.6) is 0 Å². The lowest BCUT2D eigenvalue weighted by molar-refractivity contribution is -0.136. The molecule has 2 N–H and O–H groups in total. The molecule has 0 radical (unpaired) electrons. The summed E-state index contributed by atoms with van der Waals surface area (Å²) in [5.74, 6) is -0.304. The van der Waals surface area contributed by atoms with Gasteiger partial charge in [-0.05, 0) is 6.07 Å². The minimum Gasteiger partial charge on any atom is -0.481 e. The highest BCUT2D eigenvalue weighted by Gasteiger charge is 2.07. The number of rotatable bonds is 5. The van der Waals surface area contributed by atoms with Gasteiger partial charge in [-0.3, -0.25) is 4.79 Å². The number of anilines is 1. The second-order valence-corrected chi connectivity index (χ2v) is 3.94. The number of nitrogens with one attached hydrogen (secondary N) is 1. The maximum atomic E-state index is 10.5. The largest absolute Gasteiger partial charge is 0.481 e. The van der Waals surface area contributed by atoms with Crippen molar-refractivity contribution in [2.24, 2.45) is 0 Å². The lowest BCUT2D eigenvalue weighted by Crippen LogP contribution is -2.22. The Morgan fingerprint density at radius 2 is 2.11 bits per heavy atom. The fraction of sp³-hybridized carbons (Fsp3) is 0.250. The topological polar surface area (TPSA) is 82.1 Å². The van der Waals surface area contributed by atoms with Crippen molar-refractivity contribution in [3.05, 3.63) is 30.9 Å². The first-order valence-electron chi connectivity index (χ1n) is 5.55. The Hall–Kier alpha value is -2.37. The lowest BCUT2D eigenvalue weighted by Gasteiger charge is -2.15. The van der Waals surface area contributed by atoms with E-state index in [1.54, 1.807) is 24.3 Å². The van der Waals surface area contributed by atoms with Crippen molar-refractivity contribution in [2.75, 3.05) is 18.5 Å². The third-order valence-electron chi connectivity index (χ3n) is 2.57. The number of carbonyl (C=O) groups is 1. The molecule has 6 nitrogen and oxygen atoms in total. The van der Waals surface area contributed by atoms with Crippen molar-refractivity contribution in [1.29, 1.82) is 0 Å². The van der Waals surface area contributed by atoms with Gasteiger partial charge in [0.1, 0.15) is 0 Å². The molecule has 2 heterocycles. The molecule has 0 bridgehead atoms. The maximum Gasteiger partial charge on any atom is 0.305 e. The predicted molar refractivity (Wildman–Crippen MR) is 67.3 cm³/mol. The van der Waals surface area contributed by atoms with Crippen LogP contribution in [0.2, 0.25) is 0 Å². The van der Waals surface area contributed by atoms with Crippen molar-refractivity contribution in [3.8, 4) is 11.1 Å². The minimum atomic E-state index is -0.828. The van der Waals surface area contributed by atoms with Gasteiger partial charge < -0.3 is 15.0 Å². The Kier molecular flexibility index (Phi) is 3.57. The van der Waals surface area contributed by atoms with E-state index in [2.05, 4.69) is 15.0 Å². The van der Waals surface area contributed by atoms with Gasteiger partial charge in [-0.2, -0.15) is 0 Å². The molecule has 0 saturated carbocycles. The molecule has 0 amide bonds. The molecule has 18 heavy (non-hydrogen) atoms. The number of carboxylic acid groups (broad SMARTS) is 1. The first-order chi connectivity index (χ1) is 8.66. The molecule has 0 atom stereocenters. The highest BCUT2D eigenvalue weighted by Crippen LogP contribution is 2.17. The van der Waals surface area contributed by atoms with E-state index in [1.165, 1.54) is 0 Å². The zero-order valence-electron chi connectivity index (χ0n) is 10.00. The predicted octanol–water partition coefficient (Wildman–Crippen LogP) is 1.38. The standard InChI is InChI=1S/C12H14N4O2/c1-16(5-3-11(17)18)12-14-7-10(8-15-12)9-2-4-13-6-9/h2,4,6-8,13H,3,5H2,1H3,(H,17,18). The van der Waals surface area contributed by atoms with Crippen molar-refractivity contribution >= 4 is 11.9 Å². The molecule has 0 spiro atoms. The van der Waals surface area contributed by atoms with Gasteiger partial charge in [-0.1, -0.05) is 0 Å². The van der Waals surface area contributed by atoms with Crippen LogP contribution in [0.1, 0.15) is 6.42 Å². The highest BCUT2D eigenvalue weighted by molar-refractivity contribution is 5.67. The Bertz CT molecular complexity index is 507. The summed E-state index contributed by atoms with van der Waals surface area (Å²) in [6, 6.07) is 1.94. The summed E-state index contributed by atoms with van der Waals surface area (Å²) in [7, 11) is 1.77. The normalized spacial score (nSPS) is 10.3. The number of aromatic nitrogens is 3. The van der Waals surface area contributed by atoms with E-state index < -0.39 is 5.97 Å². The van der Waals surface area contributed by atoms with E-state index in [1.807, 2.05) is 18.5 Å². The van der Waals surface area contributed by atoms with E-state index in [-0.39, 0.29) is 6.42 Å². The Morgan fingerprint density at radius 1 is 1.39 bits per heavy atom. The molecule has 0 aromatic carbocycles. The van der Waals surface area contributed by atoms with Crippen molar-refractivity contribution < 1.29 is 9.90 Å². The fourth-order valence-corrected chi connectivity index (χ4v) is 1.53. The van der Waals surface area contributed by atoms with E-state index >= 15 is 0 Å². The van der Waals surface area contributed by atoms with E-state index in [4.69, 9.17) is 5.11 Å². The van der Waals surface area contributed by atoms with Crippen molar-refractivity contribution in [2.45, 2.75) is 6.42 Å². The molecule has 0 fully saturated rings. The summed E-state index contributed by atoms with van der Waals surface area (Å²) in [5, 5.41) is 8.61. The Labute approximate surface area is 104 Å². The average molecular weight is 246 g/mol. The molecule has 2 rings (SSSR count). The SMILES string of the molecule is CN(CCC(=O)O)c1ncc(-c2cc[nH]c2)cn1. The summed E-state index contributed by atoms with van der Waals surface area (Å²) in [4.78, 5) is 23.6. The quantitative estimate of drug-likeness (QED) is 0.833. The molecular weight excluding hydrogens is 232 g/mol. The number of nitrogens with zero attached hydrogens (tertiary/aromatic N) is 3. The number of H-pyrrole nitrogens is 1. The second-order valence-electron chi connectivity index (χ2n) is 3.94. The van der Waals surface area contributed by atoms with E-state index in [0.717, 1.165) is 11.1 Å². The van der Waals surface area contributed by atoms with Gasteiger partial charge >= 0.3 is 5.97 Å². The van der Waals surface area contributed by atoms with Crippen LogP contribution in [0, 0.1) is 0 Å². The first-order valence-corrected chi connectivity index (χ1v) is 5.55. The molecule has 0 aliphatic rings. The van der Waals surface area contributed by atoms with Gasteiger partial charge in [0.2, 0.25) is 5.95 Å². The van der Waals surface area contributed by atoms with E-state index in [0.29, 0.717) is 12.5 Å². The zero-order valence-corrected chi connectivity index (χ0v) is 10.00. The van der Waals surface area contributed by atoms with Crippen LogP contribution in [0.25, 0.3) is 11.1 Å². The number of aromatic amines is 1. The van der Waals surface area contributed by atoms with Gasteiger partial charge in [0.15, 0.2) is 0 Å². The van der Waals surface area contributed by atoms with Crippen LogP contribution in [-0.4, -0.2) is 39.6 Å². The van der Waals surface area contributed by atoms with Gasteiger partial charge in [-0.25, -0.2) is 9.97 Å². The molecular formula is C12H14N4O2. The zero-order chi connectivity index (χ0) is 13.0. The van der Waals surface area contributed by atoms with Gasteiger partial charge in [0.05, 0.1) is 6.42 Å². The summed E-state index contributed by atoms with van der Waals surface area (Å²) < 4.78 is 0. The van der Waals surface area contributed by atoms with Crippen LogP contribution >= 0.6 is 0 Å². The second kappa shape index (κ2) is 5.31. The molecule has 0 saturated heterocycles. The third-order valence-corrected chi connectivity index (χ3v) is 2.57. The third kappa shape index (κ3) is 2.85. The molecule has 2 aromatic rings. The highest BCUT2D eigenvalue weighted by atomic mass is 16.4. The van der Waals surface area contributed by atoms with Crippen LogP contribution in [0.4, 0.5) is 5.95 Å². The van der Waals surface area contributed by atoms with Gasteiger partial charge in [0, 0.05) is 49.5 Å². The molecule has 0 aliphatic carbocycles. The Balaban J connectivity index is 2.05. The number of aliphatic carboxylic acids is 1. The number of hydrogen-bond donors (Lipinski definition) is 2. The molecule has 0 unspecified atom stereocenters. The van der Waals surface area contributed by atoms with Crippen LogP contribution < -0.4 is 4.90 Å². The van der Waals surface area contributed by atoms with Crippen molar-refractivity contribution in [1.82, 2.24) is 15.0 Å². The molecule has 2 aromatic heterocycles. The van der Waals surface area contributed by atoms with Gasteiger partial charge in [0.25, 0.3) is 0 Å². The van der Waals surface area contributed by atoms with Crippen LogP contribution in [-0.2, 0) is 4.79 Å². The minimum absolute atomic E-state index is 0.0689. The van der Waals surface area contributed by atoms with Crippen LogP contribution in [0.3, 0.4) is 0 Å². The number of carboxylic acids is 1. The molecule has 6 heteroatoms. The lowest BCUT2D eigenvalue weighted by atomic mass is 10.2. The summed E-state index contributed by atoms with van der Waals surface area (Å²) >= 11 is 0. The van der Waals surface area contributed by atoms with E-state index in [9.17, 15) is 4.79 Å².